The molecular weight excluding hydrogens is 262 g/mol. The number of carbonyl (C=O) groups is 1. The van der Waals surface area contributed by atoms with Crippen molar-refractivity contribution in [3.8, 4) is 6.07 Å². The molecule has 2 aliphatic rings. The first-order chi connectivity index (χ1) is 10.2. The number of amides is 1. The van der Waals surface area contributed by atoms with Crippen molar-refractivity contribution < 1.29 is 4.79 Å². The lowest BCUT2D eigenvalue weighted by atomic mass is 9.95. The second kappa shape index (κ2) is 8.07. The third kappa shape index (κ3) is 4.49. The predicted octanol–water partition coefficient (Wildman–Crippen LogP) is 3.11. The van der Waals surface area contributed by atoms with Gasteiger partial charge in [0.05, 0.1) is 0 Å². The van der Waals surface area contributed by atoms with Gasteiger partial charge in [-0.3, -0.25) is 4.79 Å². The van der Waals surface area contributed by atoms with E-state index in [0.29, 0.717) is 6.04 Å². The summed E-state index contributed by atoms with van der Waals surface area (Å²) in [6.45, 7) is 3.13. The molecule has 1 amide bonds. The first-order valence-electron chi connectivity index (χ1n) is 8.43. The summed E-state index contributed by atoms with van der Waals surface area (Å²) >= 11 is 0. The molecule has 1 heterocycles. The lowest BCUT2D eigenvalue weighted by Crippen LogP contribution is -2.39. The summed E-state index contributed by atoms with van der Waals surface area (Å²) in [4.78, 5) is 14.5. The maximum Gasteiger partial charge on any atom is 0.263 e. The zero-order valence-electron chi connectivity index (χ0n) is 13.1. The van der Waals surface area contributed by atoms with Crippen LogP contribution < -0.4 is 5.32 Å². The van der Waals surface area contributed by atoms with Gasteiger partial charge in [-0.15, -0.1) is 0 Å². The standard InChI is InChI=1S/C17H27N3O/c1-2-16-10-6-7-11-20(16)13-14(12-18)17(21)19-15-8-4-3-5-9-15/h13,15-16H,2-11H2,1H3,(H,19,21)/b14-13-. The number of hydrogen-bond acceptors (Lipinski definition) is 3. The summed E-state index contributed by atoms with van der Waals surface area (Å²) in [6.07, 6.45) is 12.1. The van der Waals surface area contributed by atoms with Crippen molar-refractivity contribution in [2.45, 2.75) is 76.8 Å². The van der Waals surface area contributed by atoms with Gasteiger partial charge in [0, 0.05) is 24.8 Å². The van der Waals surface area contributed by atoms with Crippen molar-refractivity contribution in [1.29, 1.82) is 5.26 Å². The van der Waals surface area contributed by atoms with E-state index in [4.69, 9.17) is 0 Å². The van der Waals surface area contributed by atoms with E-state index in [1.165, 1.54) is 25.7 Å². The lowest BCUT2D eigenvalue weighted by Gasteiger charge is -2.34. The highest BCUT2D eigenvalue weighted by molar-refractivity contribution is 5.97. The highest BCUT2D eigenvalue weighted by atomic mass is 16.1. The van der Waals surface area contributed by atoms with E-state index in [9.17, 15) is 10.1 Å². The Kier molecular flexibility index (Phi) is 6.10. The fourth-order valence-electron chi connectivity index (χ4n) is 3.45. The van der Waals surface area contributed by atoms with Gasteiger partial charge in [-0.1, -0.05) is 26.2 Å². The number of nitrogens with one attached hydrogen (secondary N) is 1. The molecule has 0 radical (unpaired) electrons. The Morgan fingerprint density at radius 2 is 1.95 bits per heavy atom. The van der Waals surface area contributed by atoms with Crippen molar-refractivity contribution in [3.63, 3.8) is 0 Å². The lowest BCUT2D eigenvalue weighted by molar-refractivity contribution is -0.118. The Bertz CT molecular complexity index is 418. The summed E-state index contributed by atoms with van der Waals surface area (Å²) in [7, 11) is 0. The Balaban J connectivity index is 1.98. The highest BCUT2D eigenvalue weighted by Crippen LogP contribution is 2.21. The number of piperidine rings is 1. The van der Waals surface area contributed by atoms with Crippen LogP contribution in [-0.4, -0.2) is 29.4 Å². The molecule has 1 aliphatic heterocycles. The SMILES string of the molecule is CCC1CCCCN1/C=C(/C#N)C(=O)NC1CCCCC1. The molecule has 0 aromatic heterocycles. The molecule has 21 heavy (non-hydrogen) atoms. The summed E-state index contributed by atoms with van der Waals surface area (Å²) in [6, 6.07) is 2.82. The van der Waals surface area contributed by atoms with Crippen molar-refractivity contribution in [2.75, 3.05) is 6.54 Å². The Labute approximate surface area is 128 Å². The molecule has 0 spiro atoms. The monoisotopic (exact) mass is 289 g/mol. The topological polar surface area (TPSA) is 56.1 Å². The first kappa shape index (κ1) is 15.9. The van der Waals surface area contributed by atoms with Gasteiger partial charge in [-0.05, 0) is 38.5 Å². The molecule has 2 rings (SSSR count). The minimum absolute atomic E-state index is 0.190. The van der Waals surface area contributed by atoms with E-state index in [1.807, 2.05) is 0 Å². The number of nitrogens with zero attached hydrogens (tertiary/aromatic N) is 2. The van der Waals surface area contributed by atoms with E-state index in [-0.39, 0.29) is 17.5 Å². The smallest absolute Gasteiger partial charge is 0.263 e. The average molecular weight is 289 g/mol. The predicted molar refractivity (Wildman–Crippen MR) is 83.3 cm³/mol. The van der Waals surface area contributed by atoms with Crippen LogP contribution in [0.2, 0.25) is 0 Å². The van der Waals surface area contributed by atoms with E-state index in [1.54, 1.807) is 6.20 Å². The van der Waals surface area contributed by atoms with E-state index in [0.717, 1.165) is 38.6 Å². The van der Waals surface area contributed by atoms with Gasteiger partial charge in [-0.25, -0.2) is 0 Å². The Hall–Kier alpha value is -1.50. The summed E-state index contributed by atoms with van der Waals surface area (Å²) in [5, 5.41) is 12.3. The van der Waals surface area contributed by atoms with Crippen LogP contribution in [0.25, 0.3) is 0 Å². The fraction of sp³-hybridized carbons (Fsp3) is 0.765. The Morgan fingerprint density at radius 3 is 2.62 bits per heavy atom. The first-order valence-corrected chi connectivity index (χ1v) is 8.43. The minimum atomic E-state index is -0.190. The van der Waals surface area contributed by atoms with Gasteiger partial charge >= 0.3 is 0 Å². The highest BCUT2D eigenvalue weighted by Gasteiger charge is 2.22. The van der Waals surface area contributed by atoms with Crippen LogP contribution in [0.1, 0.15) is 64.7 Å². The molecule has 0 aromatic rings. The molecule has 1 aliphatic carbocycles. The molecule has 2 fully saturated rings. The van der Waals surface area contributed by atoms with Crippen LogP contribution in [0.4, 0.5) is 0 Å². The maximum atomic E-state index is 12.3. The number of carbonyl (C=O) groups excluding carboxylic acids is 1. The normalized spacial score (nSPS) is 24.5. The summed E-state index contributed by atoms with van der Waals surface area (Å²) < 4.78 is 0. The van der Waals surface area contributed by atoms with Gasteiger partial charge in [0.2, 0.25) is 0 Å². The quantitative estimate of drug-likeness (QED) is 0.639. The van der Waals surface area contributed by atoms with Crippen molar-refractivity contribution in [3.05, 3.63) is 11.8 Å². The number of likely N-dealkylation sites (tertiary alicyclic amines) is 1. The zero-order chi connectivity index (χ0) is 15.1. The molecule has 4 heteroatoms. The average Bonchev–Trinajstić information content (AvgIpc) is 2.53. The Morgan fingerprint density at radius 1 is 1.24 bits per heavy atom. The van der Waals surface area contributed by atoms with Gasteiger partial charge in [0.15, 0.2) is 0 Å². The molecular formula is C17H27N3O. The molecule has 0 bridgehead atoms. The number of nitriles is 1. The second-order valence-electron chi connectivity index (χ2n) is 6.26. The molecule has 1 atom stereocenters. The van der Waals surface area contributed by atoms with Crippen molar-refractivity contribution >= 4 is 5.91 Å². The number of rotatable bonds is 4. The summed E-state index contributed by atoms with van der Waals surface area (Å²) in [5.74, 6) is -0.190. The van der Waals surface area contributed by atoms with E-state index >= 15 is 0 Å². The van der Waals surface area contributed by atoms with Gasteiger partial charge < -0.3 is 10.2 Å². The van der Waals surface area contributed by atoms with Crippen molar-refractivity contribution in [1.82, 2.24) is 10.2 Å². The van der Waals surface area contributed by atoms with Crippen LogP contribution in [0.5, 0.6) is 0 Å². The van der Waals surface area contributed by atoms with Crippen LogP contribution in [0.15, 0.2) is 11.8 Å². The van der Waals surface area contributed by atoms with Crippen LogP contribution in [0.3, 0.4) is 0 Å². The third-order valence-electron chi connectivity index (χ3n) is 4.74. The number of hydrogen-bond donors (Lipinski definition) is 1. The maximum absolute atomic E-state index is 12.3. The minimum Gasteiger partial charge on any atom is -0.373 e. The molecule has 4 nitrogen and oxygen atoms in total. The van der Waals surface area contributed by atoms with Gasteiger partial charge in [0.25, 0.3) is 5.91 Å². The molecule has 1 saturated heterocycles. The molecule has 0 aromatic carbocycles. The zero-order valence-corrected chi connectivity index (χ0v) is 13.1. The van der Waals surface area contributed by atoms with Crippen LogP contribution >= 0.6 is 0 Å². The van der Waals surface area contributed by atoms with Crippen LogP contribution in [0, 0.1) is 11.3 Å². The molecule has 1 saturated carbocycles. The van der Waals surface area contributed by atoms with Crippen molar-refractivity contribution in [2.24, 2.45) is 0 Å². The largest absolute Gasteiger partial charge is 0.373 e. The third-order valence-corrected chi connectivity index (χ3v) is 4.74. The van der Waals surface area contributed by atoms with E-state index < -0.39 is 0 Å². The van der Waals surface area contributed by atoms with E-state index in [2.05, 4.69) is 23.2 Å². The molecule has 1 unspecified atom stereocenters. The molecule has 116 valence electrons. The second-order valence-corrected chi connectivity index (χ2v) is 6.26. The fourth-order valence-corrected chi connectivity index (χ4v) is 3.45. The molecule has 1 N–H and O–H groups in total. The summed E-state index contributed by atoms with van der Waals surface area (Å²) in [5.41, 5.74) is 0.265. The van der Waals surface area contributed by atoms with Crippen LogP contribution in [-0.2, 0) is 4.79 Å². The van der Waals surface area contributed by atoms with Gasteiger partial charge in [-0.2, -0.15) is 5.26 Å². The van der Waals surface area contributed by atoms with Gasteiger partial charge in [0.1, 0.15) is 11.6 Å².